The van der Waals surface area contributed by atoms with Gasteiger partial charge in [-0.2, -0.15) is 0 Å². The molecule has 0 aliphatic rings. The second-order valence-electron chi connectivity index (χ2n) is 7.37. The summed E-state index contributed by atoms with van der Waals surface area (Å²) in [5, 5.41) is 0. The summed E-state index contributed by atoms with van der Waals surface area (Å²) in [5.74, 6) is 0.412. The molecule has 0 aliphatic carbocycles. The van der Waals surface area contributed by atoms with Crippen LogP contribution in [-0.4, -0.2) is 38.9 Å². The molecule has 0 aromatic heterocycles. The van der Waals surface area contributed by atoms with Gasteiger partial charge in [0.25, 0.3) is 15.9 Å². The lowest BCUT2D eigenvalue weighted by Gasteiger charge is -2.21. The molecule has 0 aliphatic heterocycles. The lowest BCUT2D eigenvalue weighted by molar-refractivity contribution is 0.0775. The van der Waals surface area contributed by atoms with Crippen LogP contribution >= 0.6 is 0 Å². The molecule has 6 nitrogen and oxygen atoms in total. The van der Waals surface area contributed by atoms with Crippen LogP contribution in [0.2, 0.25) is 0 Å². The molecule has 0 fully saturated rings. The van der Waals surface area contributed by atoms with Crippen LogP contribution < -0.4 is 9.46 Å². The van der Waals surface area contributed by atoms with Crippen LogP contribution in [0.25, 0.3) is 0 Å². The first kappa shape index (κ1) is 24.1. The summed E-state index contributed by atoms with van der Waals surface area (Å²) < 4.78 is 33.5. The zero-order valence-corrected chi connectivity index (χ0v) is 19.4. The van der Waals surface area contributed by atoms with Gasteiger partial charge in [-0.3, -0.25) is 9.52 Å². The zero-order valence-electron chi connectivity index (χ0n) is 18.6. The van der Waals surface area contributed by atoms with Crippen LogP contribution in [0.5, 0.6) is 5.75 Å². The molecule has 0 atom stereocenters. The fraction of sp³-hybridized carbons (Fsp3) is 0.192. The minimum absolute atomic E-state index is 0.110. The number of benzene rings is 3. The Morgan fingerprint density at radius 2 is 1.76 bits per heavy atom. The van der Waals surface area contributed by atoms with Crippen LogP contribution in [0.3, 0.4) is 0 Å². The Kier molecular flexibility index (Phi) is 8.27. The summed E-state index contributed by atoms with van der Waals surface area (Å²) in [4.78, 5) is 14.9. The van der Waals surface area contributed by atoms with E-state index in [4.69, 9.17) is 4.74 Å². The van der Waals surface area contributed by atoms with E-state index in [0.29, 0.717) is 43.1 Å². The molecule has 1 N–H and O–H groups in total. The Morgan fingerprint density at radius 3 is 2.42 bits per heavy atom. The van der Waals surface area contributed by atoms with Crippen molar-refractivity contribution in [2.45, 2.75) is 18.2 Å². The standard InChI is InChI=1S/C26H28N2O4S/c1-3-18-28(19-17-21-9-6-5-7-10-21)26(29)22-11-8-12-23(20-22)27-33(30,31)25-15-13-24(14-16-25)32-4-2/h3,5-16,20,27H,1,4,17-19H2,2H3. The maximum atomic E-state index is 13.1. The number of carbonyl (C=O) groups excluding carboxylic acids is 1. The second-order valence-corrected chi connectivity index (χ2v) is 9.05. The Hall–Kier alpha value is -3.58. The van der Waals surface area contributed by atoms with E-state index in [9.17, 15) is 13.2 Å². The van der Waals surface area contributed by atoms with Gasteiger partial charge in [0, 0.05) is 24.3 Å². The number of anilines is 1. The molecule has 172 valence electrons. The number of hydrogen-bond acceptors (Lipinski definition) is 4. The lowest BCUT2D eigenvalue weighted by Crippen LogP contribution is -2.33. The lowest BCUT2D eigenvalue weighted by atomic mass is 10.1. The molecule has 1 amide bonds. The van der Waals surface area contributed by atoms with E-state index in [0.717, 1.165) is 5.56 Å². The highest BCUT2D eigenvalue weighted by Gasteiger charge is 2.18. The van der Waals surface area contributed by atoms with Gasteiger partial charge >= 0.3 is 0 Å². The van der Waals surface area contributed by atoms with Crippen molar-refractivity contribution in [3.63, 3.8) is 0 Å². The maximum absolute atomic E-state index is 13.1. The summed E-state index contributed by atoms with van der Waals surface area (Å²) in [6.07, 6.45) is 2.39. The zero-order chi connectivity index (χ0) is 23.7. The van der Waals surface area contributed by atoms with Crippen LogP contribution in [-0.2, 0) is 16.4 Å². The molecule has 3 aromatic carbocycles. The van der Waals surface area contributed by atoms with Crippen molar-refractivity contribution >= 4 is 21.6 Å². The second kappa shape index (κ2) is 11.3. The Balaban J connectivity index is 1.73. The van der Waals surface area contributed by atoms with Gasteiger partial charge in [-0.25, -0.2) is 8.42 Å². The molecule has 0 bridgehead atoms. The average Bonchev–Trinajstić information content (AvgIpc) is 2.82. The Morgan fingerprint density at radius 1 is 1.03 bits per heavy atom. The molecule has 3 rings (SSSR count). The van der Waals surface area contributed by atoms with Crippen molar-refractivity contribution in [2.75, 3.05) is 24.4 Å². The molecular weight excluding hydrogens is 436 g/mol. The van der Waals surface area contributed by atoms with E-state index < -0.39 is 10.0 Å². The predicted octanol–water partition coefficient (Wildman–Crippen LogP) is 4.76. The number of rotatable bonds is 11. The molecule has 0 radical (unpaired) electrons. The predicted molar refractivity (Wildman–Crippen MR) is 131 cm³/mol. The van der Waals surface area contributed by atoms with Crippen LogP contribution in [0.15, 0.2) is 96.4 Å². The number of nitrogens with one attached hydrogen (secondary N) is 1. The van der Waals surface area contributed by atoms with Crippen molar-refractivity contribution in [3.05, 3.63) is 103 Å². The third kappa shape index (κ3) is 6.70. The number of amides is 1. The average molecular weight is 465 g/mol. The molecule has 0 spiro atoms. The number of ether oxygens (including phenoxy) is 1. The van der Waals surface area contributed by atoms with Crippen LogP contribution in [0, 0.1) is 0 Å². The summed E-state index contributed by atoms with van der Waals surface area (Å²) in [7, 11) is -3.81. The third-order valence-corrected chi connectivity index (χ3v) is 6.35. The molecular formula is C26H28N2O4S. The summed E-state index contributed by atoms with van der Waals surface area (Å²) in [6, 6.07) is 22.6. The van der Waals surface area contributed by atoms with Gasteiger partial charge in [0.15, 0.2) is 0 Å². The van der Waals surface area contributed by atoms with Crippen molar-refractivity contribution in [2.24, 2.45) is 0 Å². The Labute approximate surface area is 195 Å². The molecule has 33 heavy (non-hydrogen) atoms. The van der Waals surface area contributed by atoms with Crippen molar-refractivity contribution in [1.82, 2.24) is 4.90 Å². The molecule has 0 saturated heterocycles. The summed E-state index contributed by atoms with van der Waals surface area (Å²) >= 11 is 0. The highest BCUT2D eigenvalue weighted by atomic mass is 32.2. The molecule has 0 unspecified atom stereocenters. The van der Waals surface area contributed by atoms with Gasteiger partial charge in [-0.05, 0) is 61.4 Å². The number of sulfonamides is 1. The minimum Gasteiger partial charge on any atom is -0.494 e. The van der Waals surface area contributed by atoms with Gasteiger partial charge in [0.2, 0.25) is 0 Å². The van der Waals surface area contributed by atoms with Gasteiger partial charge in [-0.15, -0.1) is 6.58 Å². The quantitative estimate of drug-likeness (QED) is 0.415. The van der Waals surface area contributed by atoms with E-state index in [1.54, 1.807) is 47.4 Å². The molecule has 3 aromatic rings. The normalized spacial score (nSPS) is 10.9. The van der Waals surface area contributed by atoms with Gasteiger partial charge in [0.1, 0.15) is 5.75 Å². The molecule has 7 heteroatoms. The highest BCUT2D eigenvalue weighted by molar-refractivity contribution is 7.92. The summed E-state index contributed by atoms with van der Waals surface area (Å²) in [5.41, 5.74) is 1.85. The van der Waals surface area contributed by atoms with Crippen molar-refractivity contribution in [3.8, 4) is 5.75 Å². The topological polar surface area (TPSA) is 75.7 Å². The largest absolute Gasteiger partial charge is 0.494 e. The smallest absolute Gasteiger partial charge is 0.261 e. The molecule has 0 heterocycles. The fourth-order valence-electron chi connectivity index (χ4n) is 3.33. The van der Waals surface area contributed by atoms with E-state index in [2.05, 4.69) is 11.3 Å². The van der Waals surface area contributed by atoms with E-state index in [1.165, 1.54) is 12.1 Å². The van der Waals surface area contributed by atoms with E-state index in [-0.39, 0.29) is 10.8 Å². The first-order valence-corrected chi connectivity index (χ1v) is 12.2. The van der Waals surface area contributed by atoms with Gasteiger partial charge < -0.3 is 9.64 Å². The number of nitrogens with zero attached hydrogens (tertiary/aromatic N) is 1. The first-order chi connectivity index (χ1) is 15.9. The maximum Gasteiger partial charge on any atom is 0.261 e. The third-order valence-electron chi connectivity index (χ3n) is 4.96. The van der Waals surface area contributed by atoms with Crippen LogP contribution in [0.1, 0.15) is 22.8 Å². The number of hydrogen-bond donors (Lipinski definition) is 1. The fourth-order valence-corrected chi connectivity index (χ4v) is 4.38. The molecule has 0 saturated carbocycles. The van der Waals surface area contributed by atoms with Crippen molar-refractivity contribution in [1.29, 1.82) is 0 Å². The first-order valence-electron chi connectivity index (χ1n) is 10.7. The monoisotopic (exact) mass is 464 g/mol. The number of carbonyl (C=O) groups is 1. The van der Waals surface area contributed by atoms with E-state index >= 15 is 0 Å². The summed E-state index contributed by atoms with van der Waals surface area (Å²) in [6.45, 7) is 7.03. The van der Waals surface area contributed by atoms with Crippen molar-refractivity contribution < 1.29 is 17.9 Å². The minimum atomic E-state index is -3.81. The van der Waals surface area contributed by atoms with E-state index in [1.807, 2.05) is 37.3 Å². The Bertz CT molecular complexity index is 1180. The van der Waals surface area contributed by atoms with Gasteiger partial charge in [-0.1, -0.05) is 42.5 Å². The SMILES string of the molecule is C=CCN(CCc1ccccc1)C(=O)c1cccc(NS(=O)(=O)c2ccc(OCC)cc2)c1. The van der Waals surface area contributed by atoms with Crippen LogP contribution in [0.4, 0.5) is 5.69 Å². The highest BCUT2D eigenvalue weighted by Crippen LogP contribution is 2.21. The van der Waals surface area contributed by atoms with Gasteiger partial charge in [0.05, 0.1) is 11.5 Å².